The highest BCUT2D eigenvalue weighted by Gasteiger charge is 2.16. The third kappa shape index (κ3) is 2.39. The van der Waals surface area contributed by atoms with E-state index in [1.165, 1.54) is 10.9 Å². The summed E-state index contributed by atoms with van der Waals surface area (Å²) in [7, 11) is 1.84. The number of H-pyrrole nitrogens is 1. The van der Waals surface area contributed by atoms with Gasteiger partial charge in [-0.1, -0.05) is 25.1 Å². The van der Waals surface area contributed by atoms with Gasteiger partial charge in [-0.05, 0) is 25.1 Å². The molecule has 0 spiro atoms. The minimum atomic E-state index is -0.0841. The van der Waals surface area contributed by atoms with Crippen molar-refractivity contribution in [2.45, 2.75) is 25.8 Å². The molecule has 0 aliphatic heterocycles. The van der Waals surface area contributed by atoms with Gasteiger partial charge in [0.1, 0.15) is 5.78 Å². The van der Waals surface area contributed by atoms with Crippen LogP contribution >= 0.6 is 0 Å². The van der Waals surface area contributed by atoms with Crippen molar-refractivity contribution in [3.8, 4) is 0 Å². The first-order valence-electron chi connectivity index (χ1n) is 6.01. The average molecular weight is 230 g/mol. The minimum Gasteiger partial charge on any atom is -0.361 e. The highest BCUT2D eigenvalue weighted by Crippen LogP contribution is 2.19. The molecule has 0 radical (unpaired) electrons. The Morgan fingerprint density at radius 3 is 2.88 bits per heavy atom. The summed E-state index contributed by atoms with van der Waals surface area (Å²) in [5.74, 6) is 0.262. The van der Waals surface area contributed by atoms with E-state index in [0.717, 1.165) is 11.9 Å². The van der Waals surface area contributed by atoms with Gasteiger partial charge in [-0.3, -0.25) is 4.79 Å². The number of aromatic amines is 1. The molecule has 2 N–H and O–H groups in total. The SMILES string of the molecule is CCC(=O)C(Cc1c[nH]c2ccccc12)NC. The number of likely N-dealkylation sites (N-methyl/N-ethyl adjacent to an activating group) is 1. The van der Waals surface area contributed by atoms with Gasteiger partial charge in [-0.25, -0.2) is 0 Å². The average Bonchev–Trinajstić information content (AvgIpc) is 2.78. The van der Waals surface area contributed by atoms with Crippen LogP contribution in [0.4, 0.5) is 0 Å². The van der Waals surface area contributed by atoms with Crippen LogP contribution in [-0.4, -0.2) is 23.9 Å². The van der Waals surface area contributed by atoms with E-state index in [2.05, 4.69) is 22.4 Å². The van der Waals surface area contributed by atoms with Crippen molar-refractivity contribution in [3.05, 3.63) is 36.0 Å². The first-order valence-corrected chi connectivity index (χ1v) is 6.01. The summed E-state index contributed by atoms with van der Waals surface area (Å²) >= 11 is 0. The van der Waals surface area contributed by atoms with Gasteiger partial charge in [0, 0.05) is 23.5 Å². The van der Waals surface area contributed by atoms with Crippen LogP contribution in [0.25, 0.3) is 10.9 Å². The zero-order valence-corrected chi connectivity index (χ0v) is 10.3. The Bertz CT molecular complexity index is 516. The number of rotatable bonds is 5. The predicted molar refractivity (Wildman–Crippen MR) is 70.1 cm³/mol. The number of aromatic nitrogens is 1. The Morgan fingerprint density at radius 2 is 2.18 bits per heavy atom. The molecule has 0 bridgehead atoms. The van der Waals surface area contributed by atoms with Gasteiger partial charge in [0.25, 0.3) is 0 Å². The Morgan fingerprint density at radius 1 is 1.41 bits per heavy atom. The third-order valence-electron chi connectivity index (χ3n) is 3.18. The Balaban J connectivity index is 2.25. The van der Waals surface area contributed by atoms with Crippen LogP contribution in [0.5, 0.6) is 0 Å². The van der Waals surface area contributed by atoms with E-state index in [4.69, 9.17) is 0 Å². The topological polar surface area (TPSA) is 44.9 Å². The molecule has 1 atom stereocenters. The van der Waals surface area contributed by atoms with Gasteiger partial charge in [0.15, 0.2) is 0 Å². The van der Waals surface area contributed by atoms with Crippen molar-refractivity contribution in [2.24, 2.45) is 0 Å². The minimum absolute atomic E-state index is 0.0841. The normalized spacial score (nSPS) is 12.8. The quantitative estimate of drug-likeness (QED) is 0.827. The zero-order chi connectivity index (χ0) is 12.3. The molecule has 1 aromatic carbocycles. The highest BCUT2D eigenvalue weighted by atomic mass is 16.1. The van der Waals surface area contributed by atoms with Crippen molar-refractivity contribution in [2.75, 3.05) is 7.05 Å². The van der Waals surface area contributed by atoms with E-state index in [-0.39, 0.29) is 11.8 Å². The van der Waals surface area contributed by atoms with Gasteiger partial charge in [-0.2, -0.15) is 0 Å². The number of hydrogen-bond donors (Lipinski definition) is 2. The van der Waals surface area contributed by atoms with Crippen molar-refractivity contribution in [1.29, 1.82) is 0 Å². The van der Waals surface area contributed by atoms with Crippen molar-refractivity contribution >= 4 is 16.7 Å². The second-order valence-corrected chi connectivity index (χ2v) is 4.22. The van der Waals surface area contributed by atoms with Crippen molar-refractivity contribution in [3.63, 3.8) is 0 Å². The van der Waals surface area contributed by atoms with E-state index >= 15 is 0 Å². The molecule has 17 heavy (non-hydrogen) atoms. The summed E-state index contributed by atoms with van der Waals surface area (Å²) in [6.45, 7) is 1.90. The lowest BCUT2D eigenvalue weighted by molar-refractivity contribution is -0.120. The molecular formula is C14H18N2O. The molecule has 0 aliphatic rings. The maximum absolute atomic E-state index is 11.7. The number of carbonyl (C=O) groups excluding carboxylic acids is 1. The second-order valence-electron chi connectivity index (χ2n) is 4.22. The molecule has 2 aromatic rings. The summed E-state index contributed by atoms with van der Waals surface area (Å²) in [5.41, 5.74) is 2.32. The Kier molecular flexibility index (Phi) is 3.59. The summed E-state index contributed by atoms with van der Waals surface area (Å²) in [6, 6.07) is 8.09. The number of nitrogens with one attached hydrogen (secondary N) is 2. The molecule has 0 aliphatic carbocycles. The van der Waals surface area contributed by atoms with E-state index in [1.807, 2.05) is 32.3 Å². The third-order valence-corrected chi connectivity index (χ3v) is 3.18. The van der Waals surface area contributed by atoms with E-state index in [1.54, 1.807) is 0 Å². The van der Waals surface area contributed by atoms with Crippen LogP contribution in [0.2, 0.25) is 0 Å². The molecule has 1 aromatic heterocycles. The van der Waals surface area contributed by atoms with Gasteiger partial charge < -0.3 is 10.3 Å². The second kappa shape index (κ2) is 5.15. The smallest absolute Gasteiger partial charge is 0.149 e. The highest BCUT2D eigenvalue weighted by molar-refractivity contribution is 5.87. The van der Waals surface area contributed by atoms with E-state index in [9.17, 15) is 4.79 Å². The number of fused-ring (bicyclic) bond motifs is 1. The van der Waals surface area contributed by atoms with Gasteiger partial charge >= 0.3 is 0 Å². The Labute approximate surface area is 101 Å². The summed E-state index contributed by atoms with van der Waals surface area (Å²) < 4.78 is 0. The first kappa shape index (κ1) is 11.9. The van der Waals surface area contributed by atoms with Crippen molar-refractivity contribution in [1.82, 2.24) is 10.3 Å². The lowest BCUT2D eigenvalue weighted by atomic mass is 10.0. The lowest BCUT2D eigenvalue weighted by Gasteiger charge is -2.13. The molecule has 90 valence electrons. The van der Waals surface area contributed by atoms with Crippen LogP contribution in [0.3, 0.4) is 0 Å². The maximum Gasteiger partial charge on any atom is 0.149 e. The molecule has 1 heterocycles. The van der Waals surface area contributed by atoms with Crippen LogP contribution in [0.1, 0.15) is 18.9 Å². The molecule has 0 fully saturated rings. The fraction of sp³-hybridized carbons (Fsp3) is 0.357. The van der Waals surface area contributed by atoms with Crippen LogP contribution < -0.4 is 5.32 Å². The van der Waals surface area contributed by atoms with Crippen LogP contribution in [-0.2, 0) is 11.2 Å². The Hall–Kier alpha value is -1.61. The van der Waals surface area contributed by atoms with Crippen molar-refractivity contribution < 1.29 is 4.79 Å². The molecule has 0 amide bonds. The van der Waals surface area contributed by atoms with Gasteiger partial charge in [0.2, 0.25) is 0 Å². The number of para-hydroxylation sites is 1. The maximum atomic E-state index is 11.7. The van der Waals surface area contributed by atoms with E-state index < -0.39 is 0 Å². The number of ketones is 1. The molecular weight excluding hydrogens is 212 g/mol. The largest absolute Gasteiger partial charge is 0.361 e. The molecule has 0 saturated carbocycles. The molecule has 2 rings (SSSR count). The van der Waals surface area contributed by atoms with Gasteiger partial charge in [0.05, 0.1) is 6.04 Å². The fourth-order valence-corrected chi connectivity index (χ4v) is 2.14. The lowest BCUT2D eigenvalue weighted by Crippen LogP contribution is -2.35. The first-order chi connectivity index (χ1) is 8.26. The monoisotopic (exact) mass is 230 g/mol. The molecule has 1 unspecified atom stereocenters. The van der Waals surface area contributed by atoms with Crippen LogP contribution in [0, 0.1) is 0 Å². The number of carbonyl (C=O) groups is 1. The molecule has 0 saturated heterocycles. The number of benzene rings is 1. The summed E-state index contributed by atoms with van der Waals surface area (Å²) in [5, 5.41) is 4.30. The number of Topliss-reactive ketones (excluding diaryl/α,β-unsaturated/α-hetero) is 1. The van der Waals surface area contributed by atoms with Crippen LogP contribution in [0.15, 0.2) is 30.5 Å². The molecule has 3 nitrogen and oxygen atoms in total. The molecule has 3 heteroatoms. The zero-order valence-electron chi connectivity index (χ0n) is 10.3. The summed E-state index contributed by atoms with van der Waals surface area (Å²) in [4.78, 5) is 15.0. The van der Waals surface area contributed by atoms with E-state index in [0.29, 0.717) is 6.42 Å². The predicted octanol–water partition coefficient (Wildman–Crippen LogP) is 2.28. The fourth-order valence-electron chi connectivity index (χ4n) is 2.14. The standard InChI is InChI=1S/C14H18N2O/c1-3-14(17)13(15-2)8-10-9-16-12-7-5-4-6-11(10)12/h4-7,9,13,15-16H,3,8H2,1-2H3. The summed E-state index contributed by atoms with van der Waals surface area (Å²) in [6.07, 6.45) is 3.32. The number of hydrogen-bond acceptors (Lipinski definition) is 2. The van der Waals surface area contributed by atoms with Gasteiger partial charge in [-0.15, -0.1) is 0 Å².